The Bertz CT molecular complexity index is 329. The monoisotopic (exact) mass is 244 g/mol. The summed E-state index contributed by atoms with van der Waals surface area (Å²) in [6.45, 7) is 1.84. The minimum Gasteiger partial charge on any atom is -0.294 e. The van der Waals surface area contributed by atoms with E-state index in [9.17, 15) is 4.79 Å². The summed E-state index contributed by atoms with van der Waals surface area (Å²) >= 11 is 7.36. The number of carbonyl (C=O) groups excluding carboxylic acids is 1. The lowest BCUT2D eigenvalue weighted by atomic mass is 10.2. The lowest BCUT2D eigenvalue weighted by molar-refractivity contribution is -0.123. The van der Waals surface area contributed by atoms with Gasteiger partial charge in [-0.15, -0.1) is 11.8 Å². The molecule has 3 N–H and O–H groups in total. The van der Waals surface area contributed by atoms with Gasteiger partial charge in [-0.3, -0.25) is 10.2 Å². The summed E-state index contributed by atoms with van der Waals surface area (Å²) in [7, 11) is 0. The van der Waals surface area contributed by atoms with Gasteiger partial charge in [-0.25, -0.2) is 5.84 Å². The summed E-state index contributed by atoms with van der Waals surface area (Å²) in [5.74, 6) is 5.49. The van der Waals surface area contributed by atoms with E-state index >= 15 is 0 Å². The molecule has 1 aromatic carbocycles. The number of hydrogen-bond donors (Lipinski definition) is 2. The predicted molar refractivity (Wildman–Crippen MR) is 63.7 cm³/mol. The molecule has 0 fully saturated rings. The third kappa shape index (κ3) is 4.11. The smallest absolute Gasteiger partial charge is 0.237 e. The van der Waals surface area contributed by atoms with Crippen molar-refractivity contribution in [3.63, 3.8) is 0 Å². The molecule has 82 valence electrons. The van der Waals surface area contributed by atoms with E-state index in [0.717, 1.165) is 4.90 Å². The standard InChI is InChI=1S/C10H13ClN2OS/c1-7(10(14)13-12)6-15-9-4-2-8(11)3-5-9/h2-5,7H,6,12H2,1H3,(H,13,14). The van der Waals surface area contributed by atoms with Crippen LogP contribution in [0.3, 0.4) is 0 Å². The SMILES string of the molecule is CC(CSc1ccc(Cl)cc1)C(=O)NN. The topological polar surface area (TPSA) is 55.1 Å². The highest BCUT2D eigenvalue weighted by molar-refractivity contribution is 7.99. The van der Waals surface area contributed by atoms with Crippen molar-refractivity contribution in [3.8, 4) is 0 Å². The number of halogens is 1. The van der Waals surface area contributed by atoms with E-state index in [0.29, 0.717) is 10.8 Å². The fourth-order valence-electron chi connectivity index (χ4n) is 0.970. The highest BCUT2D eigenvalue weighted by atomic mass is 35.5. The Kier molecular flexibility index (Phi) is 4.94. The lowest BCUT2D eigenvalue weighted by Gasteiger charge is -2.08. The second kappa shape index (κ2) is 6.00. The number of benzene rings is 1. The number of amides is 1. The summed E-state index contributed by atoms with van der Waals surface area (Å²) in [6.07, 6.45) is 0. The molecule has 0 aliphatic rings. The Labute approximate surface area is 98.3 Å². The maximum Gasteiger partial charge on any atom is 0.237 e. The van der Waals surface area contributed by atoms with Crippen LogP contribution in [-0.4, -0.2) is 11.7 Å². The van der Waals surface area contributed by atoms with Crippen LogP contribution in [0.1, 0.15) is 6.92 Å². The van der Waals surface area contributed by atoms with Gasteiger partial charge >= 0.3 is 0 Å². The second-order valence-corrected chi connectivity index (χ2v) is 4.70. The Morgan fingerprint density at radius 3 is 2.67 bits per heavy atom. The first-order valence-electron chi connectivity index (χ1n) is 4.52. The molecule has 0 aliphatic heterocycles. The minimum absolute atomic E-state index is 0.101. The Balaban J connectivity index is 2.43. The van der Waals surface area contributed by atoms with Crippen LogP contribution in [0.5, 0.6) is 0 Å². The van der Waals surface area contributed by atoms with Crippen LogP contribution < -0.4 is 11.3 Å². The van der Waals surface area contributed by atoms with Gasteiger partial charge in [-0.05, 0) is 24.3 Å². The van der Waals surface area contributed by atoms with Crippen LogP contribution in [0, 0.1) is 5.92 Å². The first kappa shape index (κ1) is 12.4. The molecular weight excluding hydrogens is 232 g/mol. The van der Waals surface area contributed by atoms with E-state index in [2.05, 4.69) is 5.43 Å². The lowest BCUT2D eigenvalue weighted by Crippen LogP contribution is -2.35. The Morgan fingerprint density at radius 1 is 1.53 bits per heavy atom. The summed E-state index contributed by atoms with van der Waals surface area (Å²) < 4.78 is 0. The third-order valence-corrected chi connectivity index (χ3v) is 3.43. The molecule has 1 rings (SSSR count). The van der Waals surface area contributed by atoms with Crippen molar-refractivity contribution < 1.29 is 4.79 Å². The van der Waals surface area contributed by atoms with Gasteiger partial charge in [0, 0.05) is 21.6 Å². The number of thioether (sulfide) groups is 1. The predicted octanol–water partition coefficient (Wildman–Crippen LogP) is 2.06. The molecule has 1 amide bonds. The van der Waals surface area contributed by atoms with Gasteiger partial charge in [0.2, 0.25) is 5.91 Å². The molecule has 1 aromatic rings. The molecule has 3 nitrogen and oxygen atoms in total. The third-order valence-electron chi connectivity index (χ3n) is 1.90. The molecule has 0 saturated heterocycles. The molecule has 0 bridgehead atoms. The van der Waals surface area contributed by atoms with Crippen molar-refractivity contribution in [2.75, 3.05) is 5.75 Å². The maximum atomic E-state index is 11.1. The molecule has 0 saturated carbocycles. The van der Waals surface area contributed by atoms with Gasteiger partial charge in [-0.1, -0.05) is 18.5 Å². The fourth-order valence-corrected chi connectivity index (χ4v) is 2.02. The van der Waals surface area contributed by atoms with Crippen LogP contribution in [0.2, 0.25) is 5.02 Å². The van der Waals surface area contributed by atoms with Crippen molar-refractivity contribution in [2.45, 2.75) is 11.8 Å². The molecule has 1 unspecified atom stereocenters. The van der Waals surface area contributed by atoms with Crippen LogP contribution in [0.25, 0.3) is 0 Å². The van der Waals surface area contributed by atoms with Crippen LogP contribution in [0.15, 0.2) is 29.2 Å². The summed E-state index contributed by atoms with van der Waals surface area (Å²) in [4.78, 5) is 12.2. The Morgan fingerprint density at radius 2 is 2.13 bits per heavy atom. The zero-order valence-corrected chi connectivity index (χ0v) is 9.94. The maximum absolute atomic E-state index is 11.1. The van der Waals surface area contributed by atoms with Crippen molar-refractivity contribution >= 4 is 29.3 Å². The zero-order valence-electron chi connectivity index (χ0n) is 8.37. The molecule has 0 radical (unpaired) electrons. The molecule has 5 heteroatoms. The van der Waals surface area contributed by atoms with Gasteiger partial charge in [0.25, 0.3) is 0 Å². The number of hydrogen-bond acceptors (Lipinski definition) is 3. The number of nitrogens with two attached hydrogens (primary N) is 1. The first-order valence-corrected chi connectivity index (χ1v) is 5.88. The van der Waals surface area contributed by atoms with Gasteiger partial charge in [0.05, 0.1) is 0 Å². The molecule has 15 heavy (non-hydrogen) atoms. The van der Waals surface area contributed by atoms with Crippen molar-refractivity contribution in [1.82, 2.24) is 5.43 Å². The average Bonchev–Trinajstić information content (AvgIpc) is 2.26. The van der Waals surface area contributed by atoms with E-state index in [-0.39, 0.29) is 11.8 Å². The fraction of sp³-hybridized carbons (Fsp3) is 0.300. The van der Waals surface area contributed by atoms with Crippen LogP contribution in [-0.2, 0) is 4.79 Å². The highest BCUT2D eigenvalue weighted by Gasteiger charge is 2.11. The van der Waals surface area contributed by atoms with Crippen molar-refractivity contribution in [2.24, 2.45) is 11.8 Å². The molecule has 0 heterocycles. The van der Waals surface area contributed by atoms with Gasteiger partial charge in [-0.2, -0.15) is 0 Å². The van der Waals surface area contributed by atoms with E-state index in [1.54, 1.807) is 11.8 Å². The van der Waals surface area contributed by atoms with E-state index in [1.165, 1.54) is 0 Å². The summed E-state index contributed by atoms with van der Waals surface area (Å²) in [5.41, 5.74) is 2.14. The Hall–Kier alpha value is -0.710. The zero-order chi connectivity index (χ0) is 11.3. The summed E-state index contributed by atoms with van der Waals surface area (Å²) in [5, 5.41) is 0.715. The van der Waals surface area contributed by atoms with Gasteiger partial charge in [0.15, 0.2) is 0 Å². The number of rotatable bonds is 4. The van der Waals surface area contributed by atoms with Crippen molar-refractivity contribution in [3.05, 3.63) is 29.3 Å². The van der Waals surface area contributed by atoms with Crippen molar-refractivity contribution in [1.29, 1.82) is 0 Å². The van der Waals surface area contributed by atoms with Gasteiger partial charge < -0.3 is 0 Å². The molecule has 0 aromatic heterocycles. The largest absolute Gasteiger partial charge is 0.294 e. The van der Waals surface area contributed by atoms with Crippen LogP contribution >= 0.6 is 23.4 Å². The number of nitrogens with one attached hydrogen (secondary N) is 1. The van der Waals surface area contributed by atoms with E-state index in [1.807, 2.05) is 31.2 Å². The van der Waals surface area contributed by atoms with E-state index in [4.69, 9.17) is 17.4 Å². The minimum atomic E-state index is -0.142. The highest BCUT2D eigenvalue weighted by Crippen LogP contribution is 2.22. The summed E-state index contributed by atoms with van der Waals surface area (Å²) in [6, 6.07) is 7.52. The number of carbonyl (C=O) groups is 1. The molecule has 1 atom stereocenters. The molecular formula is C10H13ClN2OS. The molecule has 0 spiro atoms. The van der Waals surface area contributed by atoms with Crippen LogP contribution in [0.4, 0.5) is 0 Å². The number of hydrazine groups is 1. The van der Waals surface area contributed by atoms with E-state index < -0.39 is 0 Å². The van der Waals surface area contributed by atoms with Gasteiger partial charge in [0.1, 0.15) is 0 Å². The quantitative estimate of drug-likeness (QED) is 0.369. The second-order valence-electron chi connectivity index (χ2n) is 3.17. The first-order chi connectivity index (χ1) is 7.13. The average molecular weight is 245 g/mol. The normalized spacial score (nSPS) is 12.2. The molecule has 0 aliphatic carbocycles.